The van der Waals surface area contributed by atoms with Gasteiger partial charge in [-0.2, -0.15) is 0 Å². The van der Waals surface area contributed by atoms with Crippen molar-refractivity contribution in [1.29, 1.82) is 0 Å². The molecule has 2 aromatic heterocycles. The first-order valence-corrected chi connectivity index (χ1v) is 10.8. The number of H-pyrrole nitrogens is 1. The topological polar surface area (TPSA) is 81.3 Å². The van der Waals surface area contributed by atoms with Crippen LogP contribution in [0.2, 0.25) is 0 Å². The molecule has 0 aliphatic rings. The summed E-state index contributed by atoms with van der Waals surface area (Å²) in [6.07, 6.45) is 9.57. The Bertz CT molecular complexity index is 1350. The Morgan fingerprint density at radius 3 is 2.47 bits per heavy atom. The second-order valence-corrected chi connectivity index (χ2v) is 7.65. The lowest BCUT2D eigenvalue weighted by Crippen LogP contribution is -2.02. The van der Waals surface area contributed by atoms with Crippen molar-refractivity contribution in [2.75, 3.05) is 7.11 Å². The number of aromatic amines is 1. The molecule has 2 aromatic carbocycles. The Morgan fingerprint density at radius 1 is 0.912 bits per heavy atom. The minimum Gasteiger partial charge on any atom is -0.497 e. The van der Waals surface area contributed by atoms with Gasteiger partial charge in [-0.3, -0.25) is 14.6 Å². The summed E-state index contributed by atoms with van der Waals surface area (Å²) < 4.78 is 11.1. The van der Waals surface area contributed by atoms with E-state index in [4.69, 9.17) is 9.47 Å². The first-order chi connectivity index (χ1) is 16.6. The lowest BCUT2D eigenvalue weighted by atomic mass is 10.1. The molecule has 34 heavy (non-hydrogen) atoms. The number of methoxy groups -OCH3 is 1. The van der Waals surface area contributed by atoms with Gasteiger partial charge in [0.1, 0.15) is 18.1 Å². The van der Waals surface area contributed by atoms with Gasteiger partial charge in [0.05, 0.1) is 19.2 Å². The van der Waals surface area contributed by atoms with E-state index in [-0.39, 0.29) is 18.0 Å². The van der Waals surface area contributed by atoms with Gasteiger partial charge in [-0.05, 0) is 65.1 Å². The molecule has 0 spiro atoms. The maximum Gasteiger partial charge on any atom is 0.163 e. The fraction of sp³-hybridized carbons (Fsp3) is 0.107. The second-order valence-electron chi connectivity index (χ2n) is 7.65. The molecule has 4 rings (SSSR count). The van der Waals surface area contributed by atoms with Crippen LogP contribution in [0.5, 0.6) is 11.5 Å². The van der Waals surface area contributed by atoms with Crippen LogP contribution in [0, 0.1) is 0 Å². The third kappa shape index (κ3) is 6.29. The molecule has 0 radical (unpaired) electrons. The van der Waals surface area contributed by atoms with E-state index >= 15 is 0 Å². The molecule has 0 aliphatic carbocycles. The highest BCUT2D eigenvalue weighted by Gasteiger charge is 2.06. The van der Waals surface area contributed by atoms with Crippen molar-refractivity contribution in [1.82, 2.24) is 9.97 Å². The summed E-state index contributed by atoms with van der Waals surface area (Å²) in [6.45, 7) is 0.313. The normalized spacial score (nSPS) is 11.3. The number of nitrogens with zero attached hydrogens (tertiary/aromatic N) is 1. The van der Waals surface area contributed by atoms with Gasteiger partial charge >= 0.3 is 0 Å². The zero-order valence-electron chi connectivity index (χ0n) is 18.7. The number of hydrogen-bond acceptors (Lipinski definition) is 5. The van der Waals surface area contributed by atoms with Gasteiger partial charge in [0, 0.05) is 24.0 Å². The molecule has 0 fully saturated rings. The van der Waals surface area contributed by atoms with Crippen molar-refractivity contribution >= 4 is 34.6 Å². The van der Waals surface area contributed by atoms with Gasteiger partial charge in [0.15, 0.2) is 11.6 Å². The van der Waals surface area contributed by atoms with Crippen LogP contribution < -0.4 is 9.47 Å². The Morgan fingerprint density at radius 2 is 1.71 bits per heavy atom. The van der Waals surface area contributed by atoms with Crippen LogP contribution in [0.4, 0.5) is 0 Å². The molecule has 0 saturated heterocycles. The van der Waals surface area contributed by atoms with Crippen molar-refractivity contribution in [3.8, 4) is 11.5 Å². The molecular weight excluding hydrogens is 428 g/mol. The third-order valence-corrected chi connectivity index (χ3v) is 5.10. The summed E-state index contributed by atoms with van der Waals surface area (Å²) in [5.74, 6) is 0.651. The maximum atomic E-state index is 12.3. The number of hydrogen-bond donors (Lipinski definition) is 1. The van der Waals surface area contributed by atoms with Gasteiger partial charge in [-0.25, -0.2) is 0 Å². The van der Waals surface area contributed by atoms with Crippen LogP contribution in [-0.2, 0) is 16.2 Å². The number of carbonyl (C=O) groups excluding carboxylic acids is 2. The molecule has 0 saturated carbocycles. The predicted octanol–water partition coefficient (Wildman–Crippen LogP) is 5.41. The van der Waals surface area contributed by atoms with Crippen LogP contribution in [-0.4, -0.2) is 28.6 Å². The Balaban J connectivity index is 1.35. The average molecular weight is 453 g/mol. The molecule has 0 amide bonds. The monoisotopic (exact) mass is 452 g/mol. The van der Waals surface area contributed by atoms with Crippen molar-refractivity contribution in [2.24, 2.45) is 0 Å². The second kappa shape index (κ2) is 10.9. The Kier molecular flexibility index (Phi) is 7.30. The number of ketones is 2. The minimum absolute atomic E-state index is 0.204. The molecule has 2 heterocycles. The number of fused-ring (bicyclic) bond motifs is 1. The van der Waals surface area contributed by atoms with Crippen molar-refractivity contribution in [2.45, 2.75) is 13.0 Å². The number of ether oxygens (including phenoxy) is 2. The van der Waals surface area contributed by atoms with Crippen molar-refractivity contribution in [3.63, 3.8) is 0 Å². The fourth-order valence-electron chi connectivity index (χ4n) is 3.37. The fourth-order valence-corrected chi connectivity index (χ4v) is 3.37. The molecule has 170 valence electrons. The van der Waals surface area contributed by atoms with Gasteiger partial charge in [-0.1, -0.05) is 30.4 Å². The Hall–Kier alpha value is -4.45. The SMILES string of the molecule is COc1cc(C=CC(=O)CC(=O)C=Cc2ccc3cc[nH]c3c2)cc(OCc2ccccn2)c1. The first kappa shape index (κ1) is 22.7. The molecule has 0 unspecified atom stereocenters. The van der Waals surface area contributed by atoms with Crippen LogP contribution >= 0.6 is 0 Å². The van der Waals surface area contributed by atoms with Gasteiger partial charge in [0.25, 0.3) is 0 Å². The molecule has 0 atom stereocenters. The van der Waals surface area contributed by atoms with Crippen LogP contribution in [0.25, 0.3) is 23.1 Å². The van der Waals surface area contributed by atoms with Crippen LogP contribution in [0.1, 0.15) is 23.2 Å². The number of rotatable bonds is 10. The zero-order valence-corrected chi connectivity index (χ0v) is 18.7. The highest BCUT2D eigenvalue weighted by Crippen LogP contribution is 2.24. The standard InChI is InChI=1S/C28H24N2O4/c1-33-26-14-21(15-27(18-26)34-19-23-4-2-3-12-29-23)7-10-25(32)17-24(31)9-6-20-5-8-22-11-13-30-28(22)16-20/h2-16,18,30H,17,19H2,1H3. The van der Waals surface area contributed by atoms with E-state index in [0.717, 1.165) is 27.7 Å². The molecule has 6 heteroatoms. The van der Waals surface area contributed by atoms with Crippen LogP contribution in [0.15, 0.2) is 85.2 Å². The van der Waals surface area contributed by atoms with E-state index in [1.165, 1.54) is 12.2 Å². The molecule has 0 bridgehead atoms. The van der Waals surface area contributed by atoms with Gasteiger partial charge in [-0.15, -0.1) is 0 Å². The lowest BCUT2D eigenvalue weighted by molar-refractivity contribution is -0.121. The van der Waals surface area contributed by atoms with E-state index < -0.39 is 0 Å². The predicted molar refractivity (Wildman–Crippen MR) is 133 cm³/mol. The Labute approximate surface area is 197 Å². The van der Waals surface area contributed by atoms with E-state index in [2.05, 4.69) is 9.97 Å². The van der Waals surface area contributed by atoms with E-state index in [1.807, 2.05) is 48.7 Å². The zero-order chi connectivity index (χ0) is 23.8. The van der Waals surface area contributed by atoms with Crippen LogP contribution in [0.3, 0.4) is 0 Å². The van der Waals surface area contributed by atoms with E-state index in [9.17, 15) is 9.59 Å². The third-order valence-electron chi connectivity index (χ3n) is 5.10. The minimum atomic E-state index is -0.284. The highest BCUT2D eigenvalue weighted by molar-refractivity contribution is 6.11. The summed E-state index contributed by atoms with van der Waals surface area (Å²) in [5, 5.41) is 1.10. The lowest BCUT2D eigenvalue weighted by Gasteiger charge is -2.09. The first-order valence-electron chi connectivity index (χ1n) is 10.8. The quantitative estimate of drug-likeness (QED) is 0.257. The summed E-state index contributed by atoms with van der Waals surface area (Å²) in [5.41, 5.74) is 3.42. The number of carbonyl (C=O) groups is 2. The van der Waals surface area contributed by atoms with Crippen molar-refractivity contribution < 1.29 is 19.1 Å². The molecule has 4 aromatic rings. The van der Waals surface area contributed by atoms with E-state index in [0.29, 0.717) is 18.1 Å². The number of benzene rings is 2. The average Bonchev–Trinajstić information content (AvgIpc) is 3.33. The number of pyridine rings is 1. The van der Waals surface area contributed by atoms with Gasteiger partial charge < -0.3 is 14.5 Å². The molecule has 1 N–H and O–H groups in total. The maximum absolute atomic E-state index is 12.3. The number of nitrogens with one attached hydrogen (secondary N) is 1. The molecular formula is C28H24N2O4. The van der Waals surface area contributed by atoms with Gasteiger partial charge in [0.2, 0.25) is 0 Å². The smallest absolute Gasteiger partial charge is 0.163 e. The number of aromatic nitrogens is 2. The molecule has 6 nitrogen and oxygen atoms in total. The molecule has 0 aliphatic heterocycles. The summed E-state index contributed by atoms with van der Waals surface area (Å²) in [7, 11) is 1.56. The summed E-state index contributed by atoms with van der Waals surface area (Å²) in [6, 6.07) is 18.8. The van der Waals surface area contributed by atoms with Crippen molar-refractivity contribution in [3.05, 3.63) is 102 Å². The summed E-state index contributed by atoms with van der Waals surface area (Å²) in [4.78, 5) is 31.9. The largest absolute Gasteiger partial charge is 0.497 e. The summed E-state index contributed by atoms with van der Waals surface area (Å²) >= 11 is 0. The number of allylic oxidation sites excluding steroid dienone is 2. The van der Waals surface area contributed by atoms with E-state index in [1.54, 1.807) is 43.7 Å². The highest BCUT2D eigenvalue weighted by atomic mass is 16.5.